The molecule has 1 aliphatic heterocycles. The van der Waals surface area contributed by atoms with Gasteiger partial charge in [-0.15, -0.1) is 4.40 Å². The zero-order valence-corrected chi connectivity index (χ0v) is 16.9. The Labute approximate surface area is 173 Å². The quantitative estimate of drug-likeness (QED) is 0.687. The molecule has 0 saturated carbocycles. The van der Waals surface area contributed by atoms with Gasteiger partial charge in [-0.1, -0.05) is 12.1 Å². The number of fused-ring (bicyclic) bond motifs is 1. The minimum atomic E-state index is -3.71. The Kier molecular flexibility index (Phi) is 5.09. The molecule has 1 N–H and O–H groups in total. The summed E-state index contributed by atoms with van der Waals surface area (Å²) in [5.74, 6) is -0.343. The lowest BCUT2D eigenvalue weighted by Crippen LogP contribution is -2.30. The van der Waals surface area contributed by atoms with E-state index in [0.717, 1.165) is 0 Å². The fraction of sp³-hybridized carbons (Fsp3) is 0.0909. The third-order valence-electron chi connectivity index (χ3n) is 4.73. The summed E-state index contributed by atoms with van der Waals surface area (Å²) in [6, 6.07) is 19.0. The average molecular weight is 423 g/mol. The molecule has 152 valence electrons. The number of sulfonamides is 1. The van der Waals surface area contributed by atoms with E-state index in [2.05, 4.69) is 9.71 Å². The van der Waals surface area contributed by atoms with Crippen LogP contribution in [0.15, 0.2) is 82.1 Å². The van der Waals surface area contributed by atoms with Crippen LogP contribution in [0.25, 0.3) is 0 Å². The molecule has 0 bridgehead atoms. The van der Waals surface area contributed by atoms with Gasteiger partial charge >= 0.3 is 0 Å². The number of rotatable bonds is 4. The van der Waals surface area contributed by atoms with Crippen LogP contribution in [-0.4, -0.2) is 26.7 Å². The molecule has 1 heterocycles. The lowest BCUT2D eigenvalue weighted by molar-refractivity contribution is 0.0988. The predicted octanol–water partition coefficient (Wildman–Crippen LogP) is 4.05. The van der Waals surface area contributed by atoms with Gasteiger partial charge in [-0.25, -0.2) is 4.39 Å². The van der Waals surface area contributed by atoms with E-state index < -0.39 is 10.0 Å². The maximum atomic E-state index is 13.2. The second-order valence-corrected chi connectivity index (χ2v) is 8.21. The highest BCUT2D eigenvalue weighted by Gasteiger charge is 2.28. The van der Waals surface area contributed by atoms with Gasteiger partial charge in [0.1, 0.15) is 10.7 Å². The molecule has 1 aliphatic rings. The summed E-state index contributed by atoms with van der Waals surface area (Å²) in [6.45, 7) is 2.27. The van der Waals surface area contributed by atoms with E-state index in [1.807, 2.05) is 6.92 Å². The van der Waals surface area contributed by atoms with Gasteiger partial charge in [-0.2, -0.15) is 8.42 Å². The first-order valence-electron chi connectivity index (χ1n) is 9.28. The minimum Gasteiger partial charge on any atom is -0.339 e. The molecule has 8 heteroatoms. The average Bonchev–Trinajstić information content (AvgIpc) is 3.00. The van der Waals surface area contributed by atoms with E-state index in [-0.39, 0.29) is 22.5 Å². The number of anilines is 2. The van der Waals surface area contributed by atoms with Crippen LogP contribution in [0.5, 0.6) is 0 Å². The fourth-order valence-electron chi connectivity index (χ4n) is 3.25. The van der Waals surface area contributed by atoms with Gasteiger partial charge in [-0.05, 0) is 67.6 Å². The Morgan fingerprint density at radius 3 is 2.33 bits per heavy atom. The molecule has 6 nitrogen and oxygen atoms in total. The molecule has 0 unspecified atom stereocenters. The first kappa shape index (κ1) is 19.8. The molecular weight excluding hydrogens is 405 g/mol. The lowest BCUT2D eigenvalue weighted by Gasteiger charge is -2.21. The van der Waals surface area contributed by atoms with Crippen molar-refractivity contribution in [2.45, 2.75) is 11.8 Å². The Hall–Kier alpha value is -3.52. The van der Waals surface area contributed by atoms with Crippen molar-refractivity contribution in [1.29, 1.82) is 0 Å². The molecule has 0 fully saturated rings. The molecule has 0 aliphatic carbocycles. The van der Waals surface area contributed by atoms with Crippen LogP contribution in [0.1, 0.15) is 22.8 Å². The van der Waals surface area contributed by atoms with Crippen molar-refractivity contribution in [3.8, 4) is 0 Å². The molecule has 30 heavy (non-hydrogen) atoms. The molecule has 3 aromatic carbocycles. The Morgan fingerprint density at radius 2 is 1.67 bits per heavy atom. The number of hydrogen-bond acceptors (Lipinski definition) is 4. The Balaban J connectivity index is 1.55. The van der Waals surface area contributed by atoms with E-state index in [0.29, 0.717) is 29.0 Å². The van der Waals surface area contributed by atoms with E-state index in [9.17, 15) is 17.6 Å². The first-order valence-corrected chi connectivity index (χ1v) is 10.7. The molecule has 0 spiro atoms. The molecule has 0 radical (unpaired) electrons. The van der Waals surface area contributed by atoms with Crippen LogP contribution >= 0.6 is 0 Å². The smallest absolute Gasteiger partial charge is 0.285 e. The summed E-state index contributed by atoms with van der Waals surface area (Å²) in [5, 5.41) is 3.00. The van der Waals surface area contributed by atoms with Gasteiger partial charge in [0, 0.05) is 29.0 Å². The van der Waals surface area contributed by atoms with Crippen LogP contribution in [0.3, 0.4) is 0 Å². The van der Waals surface area contributed by atoms with Crippen LogP contribution < -0.4 is 10.2 Å². The number of benzene rings is 3. The zero-order valence-electron chi connectivity index (χ0n) is 16.0. The zero-order chi connectivity index (χ0) is 21.3. The third kappa shape index (κ3) is 3.69. The fourth-order valence-corrected chi connectivity index (χ4v) is 4.42. The van der Waals surface area contributed by atoms with E-state index >= 15 is 0 Å². The number of halogens is 1. The number of nitrogens with one attached hydrogen (secondary N) is 1. The van der Waals surface area contributed by atoms with Gasteiger partial charge < -0.3 is 10.2 Å². The highest BCUT2D eigenvalue weighted by atomic mass is 32.2. The highest BCUT2D eigenvalue weighted by molar-refractivity contribution is 7.90. The second kappa shape index (κ2) is 7.72. The van der Waals surface area contributed by atoms with Gasteiger partial charge in [0.15, 0.2) is 5.84 Å². The van der Waals surface area contributed by atoms with Crippen molar-refractivity contribution in [2.24, 2.45) is 4.40 Å². The molecular formula is C22H18FN3O3S. The van der Waals surface area contributed by atoms with Crippen molar-refractivity contribution in [3.63, 3.8) is 0 Å². The Morgan fingerprint density at radius 1 is 1.00 bits per heavy atom. The second-order valence-electron chi connectivity index (χ2n) is 6.64. The molecule has 1 amide bonds. The maximum Gasteiger partial charge on any atom is 0.285 e. The molecule has 4 rings (SSSR count). The number of nitrogens with zero attached hydrogens (tertiary/aromatic N) is 2. The van der Waals surface area contributed by atoms with Crippen molar-refractivity contribution in [1.82, 2.24) is 0 Å². The van der Waals surface area contributed by atoms with Gasteiger partial charge in [0.05, 0.1) is 0 Å². The number of amides is 1. The molecule has 0 atom stereocenters. The topological polar surface area (TPSA) is 78.8 Å². The van der Waals surface area contributed by atoms with Crippen LogP contribution in [-0.2, 0) is 10.0 Å². The Bertz CT molecular complexity index is 1240. The number of hydrogen-bond donors (Lipinski definition) is 1. The summed E-state index contributed by atoms with van der Waals surface area (Å²) >= 11 is 0. The van der Waals surface area contributed by atoms with E-state index in [1.54, 1.807) is 59.5 Å². The minimum absolute atomic E-state index is 0.164. The van der Waals surface area contributed by atoms with Gasteiger partial charge in [-0.3, -0.25) is 4.79 Å². The maximum absolute atomic E-state index is 13.2. The monoisotopic (exact) mass is 423 g/mol. The van der Waals surface area contributed by atoms with Crippen molar-refractivity contribution in [2.75, 3.05) is 16.8 Å². The molecule has 0 aromatic heterocycles. The van der Waals surface area contributed by atoms with Gasteiger partial charge in [0.25, 0.3) is 15.9 Å². The van der Waals surface area contributed by atoms with E-state index in [4.69, 9.17) is 0 Å². The van der Waals surface area contributed by atoms with Crippen LogP contribution in [0.4, 0.5) is 15.8 Å². The normalized spacial score (nSPS) is 14.0. The largest absolute Gasteiger partial charge is 0.339 e. The van der Waals surface area contributed by atoms with Crippen molar-refractivity contribution >= 4 is 33.1 Å². The highest BCUT2D eigenvalue weighted by Crippen LogP contribution is 2.27. The summed E-state index contributed by atoms with van der Waals surface area (Å²) in [7, 11) is -3.71. The molecule has 0 saturated heterocycles. The van der Waals surface area contributed by atoms with E-state index in [1.165, 1.54) is 18.2 Å². The van der Waals surface area contributed by atoms with Crippen molar-refractivity contribution in [3.05, 3.63) is 89.7 Å². The predicted molar refractivity (Wildman–Crippen MR) is 114 cm³/mol. The summed E-state index contributed by atoms with van der Waals surface area (Å²) < 4.78 is 41.3. The third-order valence-corrected chi connectivity index (χ3v) is 6.06. The SMILES string of the molecule is CCN(C(=O)c1ccc(NC2=NS(=O)(=O)c3ccccc32)cc1)c1ccc(F)cc1. The number of carbonyl (C=O) groups is 1. The lowest BCUT2D eigenvalue weighted by atomic mass is 10.1. The van der Waals surface area contributed by atoms with Crippen LogP contribution in [0.2, 0.25) is 0 Å². The van der Waals surface area contributed by atoms with Gasteiger partial charge in [0.2, 0.25) is 0 Å². The first-order chi connectivity index (χ1) is 14.4. The number of carbonyl (C=O) groups excluding carboxylic acids is 1. The summed E-state index contributed by atoms with van der Waals surface area (Å²) in [6.07, 6.45) is 0. The van der Waals surface area contributed by atoms with Crippen molar-refractivity contribution < 1.29 is 17.6 Å². The number of amidine groups is 1. The summed E-state index contributed by atoms with van der Waals surface area (Å²) in [5.41, 5.74) is 2.16. The standard InChI is InChI=1S/C22H18FN3O3S/c1-2-26(18-13-9-16(23)10-14-18)22(27)15-7-11-17(12-8-15)24-21-19-5-3-4-6-20(19)30(28,29)25-21/h3-14H,2H2,1H3,(H,24,25). The van der Waals surface area contributed by atoms with Crippen LogP contribution in [0, 0.1) is 5.82 Å². The summed E-state index contributed by atoms with van der Waals surface area (Å²) in [4.78, 5) is 14.6. The molecule has 3 aromatic rings.